The fraction of sp³-hybridized carbons (Fsp3) is 0.800. The number of rotatable bonds is 5. The molecular formula is C10H13F6N3O. The smallest absolute Gasteiger partial charge is 0.409 e. The molecule has 0 saturated carbocycles. The van der Waals surface area contributed by atoms with E-state index in [4.69, 9.17) is 0 Å². The highest BCUT2D eigenvalue weighted by molar-refractivity contribution is 5.00. The number of hydrogen-bond donors (Lipinski definition) is 1. The average Bonchev–Trinajstić information content (AvgIpc) is 2.60. The Labute approximate surface area is 110 Å². The van der Waals surface area contributed by atoms with E-state index in [1.165, 1.54) is 0 Å². The van der Waals surface area contributed by atoms with E-state index in [0.29, 0.717) is 6.54 Å². The second-order valence-electron chi connectivity index (χ2n) is 4.41. The van der Waals surface area contributed by atoms with E-state index in [1.807, 2.05) is 13.8 Å². The van der Waals surface area contributed by atoms with Gasteiger partial charge in [0.25, 0.3) is 0 Å². The van der Waals surface area contributed by atoms with Crippen molar-refractivity contribution in [1.29, 1.82) is 0 Å². The Morgan fingerprint density at radius 3 is 2.05 bits per heavy atom. The molecule has 0 saturated heterocycles. The summed E-state index contributed by atoms with van der Waals surface area (Å²) in [5, 5.41) is 8.99. The fourth-order valence-electron chi connectivity index (χ4n) is 1.42. The molecule has 0 unspecified atom stereocenters. The van der Waals surface area contributed by atoms with Crippen molar-refractivity contribution in [2.24, 2.45) is 0 Å². The van der Waals surface area contributed by atoms with Gasteiger partial charge in [0.15, 0.2) is 0 Å². The van der Waals surface area contributed by atoms with Crippen LogP contribution in [0.25, 0.3) is 0 Å². The molecule has 0 spiro atoms. The van der Waals surface area contributed by atoms with E-state index in [1.54, 1.807) is 0 Å². The average molecular weight is 305 g/mol. The van der Waals surface area contributed by atoms with Crippen molar-refractivity contribution in [2.45, 2.75) is 44.6 Å². The monoisotopic (exact) mass is 305 g/mol. The molecule has 0 fully saturated rings. The first-order valence-electron chi connectivity index (χ1n) is 5.71. The van der Waals surface area contributed by atoms with Gasteiger partial charge in [0, 0.05) is 19.0 Å². The van der Waals surface area contributed by atoms with Gasteiger partial charge in [-0.15, -0.1) is 10.2 Å². The van der Waals surface area contributed by atoms with Gasteiger partial charge in [-0.25, -0.2) is 0 Å². The normalized spacial score (nSPS) is 13.5. The summed E-state index contributed by atoms with van der Waals surface area (Å²) < 4.78 is 78.9. The summed E-state index contributed by atoms with van der Waals surface area (Å²) in [5.74, 6) is -5.51. The predicted octanol–water partition coefficient (Wildman–Crippen LogP) is 2.82. The van der Waals surface area contributed by atoms with Gasteiger partial charge in [0.1, 0.15) is 0 Å². The van der Waals surface area contributed by atoms with E-state index in [0.717, 1.165) is 0 Å². The maximum atomic E-state index is 12.4. The number of alkyl halides is 6. The zero-order chi connectivity index (χ0) is 15.6. The molecule has 0 aliphatic heterocycles. The molecule has 0 aromatic carbocycles. The molecule has 1 rings (SSSR count). The first-order chi connectivity index (χ1) is 9.01. The molecule has 1 heterocycles. The van der Waals surface area contributed by atoms with Crippen molar-refractivity contribution in [3.05, 3.63) is 11.8 Å². The van der Waals surface area contributed by atoms with Crippen molar-refractivity contribution >= 4 is 0 Å². The summed E-state index contributed by atoms with van der Waals surface area (Å²) in [6.45, 7) is 3.98. The summed E-state index contributed by atoms with van der Waals surface area (Å²) in [7, 11) is 0. The Morgan fingerprint density at radius 2 is 1.60 bits per heavy atom. The van der Waals surface area contributed by atoms with Crippen LogP contribution in [-0.2, 0) is 6.42 Å². The highest BCUT2D eigenvalue weighted by Crippen LogP contribution is 2.45. The Hall–Kier alpha value is -1.32. The molecule has 1 N–H and O–H groups in total. The third-order valence-corrected chi connectivity index (χ3v) is 2.28. The number of hydrogen-bond acceptors (Lipinski definition) is 4. The zero-order valence-electron chi connectivity index (χ0n) is 10.6. The lowest BCUT2D eigenvalue weighted by Crippen LogP contribution is -2.34. The Morgan fingerprint density at radius 1 is 1.05 bits per heavy atom. The summed E-state index contributed by atoms with van der Waals surface area (Å²) in [6.07, 6.45) is -11.0. The van der Waals surface area contributed by atoms with Gasteiger partial charge in [0.2, 0.25) is 17.7 Å². The highest BCUT2D eigenvalue weighted by atomic mass is 19.4. The Bertz CT molecular complexity index is 411. The first kappa shape index (κ1) is 16.7. The molecule has 116 valence electrons. The van der Waals surface area contributed by atoms with Crippen LogP contribution in [0.4, 0.5) is 26.3 Å². The summed E-state index contributed by atoms with van der Waals surface area (Å²) in [4.78, 5) is 0. The lowest BCUT2D eigenvalue weighted by molar-refractivity contribution is -0.258. The van der Waals surface area contributed by atoms with E-state index < -0.39 is 24.2 Å². The lowest BCUT2D eigenvalue weighted by atomic mass is 10.1. The minimum absolute atomic E-state index is 0.0492. The van der Waals surface area contributed by atoms with Crippen LogP contribution in [-0.4, -0.2) is 35.1 Å². The second-order valence-corrected chi connectivity index (χ2v) is 4.41. The zero-order valence-corrected chi connectivity index (χ0v) is 10.6. The molecule has 0 aliphatic rings. The van der Waals surface area contributed by atoms with Crippen LogP contribution < -0.4 is 5.32 Å². The Kier molecular flexibility index (Phi) is 5.00. The number of nitrogens with one attached hydrogen (secondary N) is 1. The van der Waals surface area contributed by atoms with Gasteiger partial charge in [0.05, 0.1) is 0 Å². The van der Waals surface area contributed by atoms with Gasteiger partial charge in [-0.2, -0.15) is 26.3 Å². The largest absolute Gasteiger partial charge is 0.424 e. The van der Waals surface area contributed by atoms with Crippen molar-refractivity contribution in [3.63, 3.8) is 0 Å². The minimum Gasteiger partial charge on any atom is -0.424 e. The molecule has 1 aromatic heterocycles. The SMILES string of the molecule is CC(C)NCCc1nnc(C(C(F)(F)F)C(F)(F)F)o1. The van der Waals surface area contributed by atoms with Crippen LogP contribution in [0.2, 0.25) is 0 Å². The minimum atomic E-state index is -5.53. The number of halogens is 6. The summed E-state index contributed by atoms with van der Waals surface area (Å²) in [6, 6.07) is 0.121. The van der Waals surface area contributed by atoms with Crippen LogP contribution in [0.5, 0.6) is 0 Å². The van der Waals surface area contributed by atoms with Crippen LogP contribution in [0.15, 0.2) is 4.42 Å². The van der Waals surface area contributed by atoms with Crippen LogP contribution >= 0.6 is 0 Å². The fourth-order valence-corrected chi connectivity index (χ4v) is 1.42. The predicted molar refractivity (Wildman–Crippen MR) is 56.0 cm³/mol. The molecular weight excluding hydrogens is 292 g/mol. The Balaban J connectivity index is 2.82. The first-order valence-corrected chi connectivity index (χ1v) is 5.71. The quantitative estimate of drug-likeness (QED) is 0.850. The molecule has 4 nitrogen and oxygen atoms in total. The van der Waals surface area contributed by atoms with Crippen LogP contribution in [0.1, 0.15) is 31.5 Å². The van der Waals surface area contributed by atoms with E-state index in [2.05, 4.69) is 19.9 Å². The van der Waals surface area contributed by atoms with Crippen LogP contribution in [0.3, 0.4) is 0 Å². The van der Waals surface area contributed by atoms with Gasteiger partial charge >= 0.3 is 12.4 Å². The lowest BCUT2D eigenvalue weighted by Gasteiger charge is -2.19. The summed E-state index contributed by atoms with van der Waals surface area (Å²) in [5.41, 5.74) is 0. The van der Waals surface area contributed by atoms with Gasteiger partial charge < -0.3 is 9.73 Å². The standard InChI is InChI=1S/C10H13F6N3O/c1-5(2)17-4-3-6-18-19-8(20-6)7(9(11,12)13)10(14,15)16/h5,7,17H,3-4H2,1-2H3. The molecule has 0 aliphatic carbocycles. The molecule has 0 bridgehead atoms. The topological polar surface area (TPSA) is 51.0 Å². The maximum absolute atomic E-state index is 12.4. The van der Waals surface area contributed by atoms with Crippen molar-refractivity contribution < 1.29 is 30.8 Å². The molecule has 0 radical (unpaired) electrons. The molecule has 20 heavy (non-hydrogen) atoms. The molecule has 10 heteroatoms. The van der Waals surface area contributed by atoms with E-state index >= 15 is 0 Å². The van der Waals surface area contributed by atoms with Crippen LogP contribution in [0, 0.1) is 0 Å². The molecule has 0 amide bonds. The van der Waals surface area contributed by atoms with Gasteiger partial charge in [-0.3, -0.25) is 0 Å². The van der Waals surface area contributed by atoms with Crippen molar-refractivity contribution in [2.75, 3.05) is 6.54 Å². The highest BCUT2D eigenvalue weighted by Gasteiger charge is 2.60. The van der Waals surface area contributed by atoms with Gasteiger partial charge in [-0.05, 0) is 0 Å². The van der Waals surface area contributed by atoms with E-state index in [-0.39, 0.29) is 18.4 Å². The van der Waals surface area contributed by atoms with Crippen molar-refractivity contribution in [1.82, 2.24) is 15.5 Å². The second kappa shape index (κ2) is 5.98. The van der Waals surface area contributed by atoms with E-state index in [9.17, 15) is 26.3 Å². The van der Waals surface area contributed by atoms with Crippen molar-refractivity contribution in [3.8, 4) is 0 Å². The molecule has 1 aromatic rings. The number of aromatic nitrogens is 2. The maximum Gasteiger partial charge on any atom is 0.409 e. The number of nitrogens with zero attached hydrogens (tertiary/aromatic N) is 2. The third-order valence-electron chi connectivity index (χ3n) is 2.28. The summed E-state index contributed by atoms with van der Waals surface area (Å²) >= 11 is 0. The molecule has 0 atom stereocenters. The van der Waals surface area contributed by atoms with Gasteiger partial charge in [-0.1, -0.05) is 13.8 Å². The third kappa shape index (κ3) is 4.66.